The van der Waals surface area contributed by atoms with Gasteiger partial charge in [0.25, 0.3) is 11.8 Å². The van der Waals surface area contributed by atoms with Crippen molar-refractivity contribution in [1.82, 2.24) is 25.5 Å². The Morgan fingerprint density at radius 1 is 0.850 bits per heavy atom. The van der Waals surface area contributed by atoms with Crippen molar-refractivity contribution in [2.45, 2.75) is 10.6 Å². The Hall–Kier alpha value is -5.09. The number of carbonyl (C=O) groups excluding carboxylic acids is 2. The molecule has 0 spiro atoms. The highest BCUT2D eigenvalue weighted by Gasteiger charge is 2.16. The first-order chi connectivity index (χ1) is 19.6. The molecule has 198 valence electrons. The number of halogens is 1. The fourth-order valence-electron chi connectivity index (χ4n) is 3.74. The molecule has 0 aliphatic rings. The predicted octanol–water partition coefficient (Wildman–Crippen LogP) is 5.50. The van der Waals surface area contributed by atoms with E-state index in [-0.39, 0.29) is 11.3 Å². The average Bonchev–Trinajstić information content (AvgIpc) is 3.47. The molecule has 0 fully saturated rings. The maximum absolute atomic E-state index is 14.3. The molecule has 0 atom stereocenters. The molecule has 2 amide bonds. The molecule has 2 N–H and O–H groups in total. The summed E-state index contributed by atoms with van der Waals surface area (Å²) in [5.41, 5.74) is 1.83. The summed E-state index contributed by atoms with van der Waals surface area (Å²) in [6.07, 6.45) is 1.31. The number of carbonyl (C=O) groups is 2. The van der Waals surface area contributed by atoms with E-state index in [1.54, 1.807) is 71.0 Å². The van der Waals surface area contributed by atoms with Crippen molar-refractivity contribution in [1.29, 1.82) is 0 Å². The number of hydrogen-bond acceptors (Lipinski definition) is 6. The van der Waals surface area contributed by atoms with Gasteiger partial charge in [0.05, 0.1) is 11.4 Å². The van der Waals surface area contributed by atoms with E-state index in [4.69, 9.17) is 0 Å². The molecule has 8 nitrogen and oxygen atoms in total. The van der Waals surface area contributed by atoms with E-state index in [0.717, 1.165) is 10.6 Å². The minimum Gasteiger partial charge on any atom is -0.321 e. The summed E-state index contributed by atoms with van der Waals surface area (Å²) in [5.74, 6) is -0.348. The van der Waals surface area contributed by atoms with Crippen molar-refractivity contribution in [3.8, 4) is 5.69 Å². The van der Waals surface area contributed by atoms with Crippen LogP contribution in [-0.4, -0.2) is 32.0 Å². The summed E-state index contributed by atoms with van der Waals surface area (Å²) in [6, 6.07) is 31.3. The molecule has 1 aromatic heterocycles. The predicted molar refractivity (Wildman–Crippen MR) is 152 cm³/mol. The van der Waals surface area contributed by atoms with E-state index < -0.39 is 17.6 Å². The van der Waals surface area contributed by atoms with Crippen LogP contribution in [0.4, 0.5) is 10.1 Å². The molecule has 0 bridgehead atoms. The highest BCUT2D eigenvalue weighted by Crippen LogP contribution is 2.24. The van der Waals surface area contributed by atoms with Crippen LogP contribution in [0.2, 0.25) is 0 Å². The van der Waals surface area contributed by atoms with Crippen molar-refractivity contribution in [2.75, 3.05) is 5.32 Å². The average molecular weight is 551 g/mol. The van der Waals surface area contributed by atoms with Gasteiger partial charge < -0.3 is 10.6 Å². The number of benzene rings is 4. The zero-order chi connectivity index (χ0) is 27.7. The van der Waals surface area contributed by atoms with Crippen molar-refractivity contribution in [2.24, 2.45) is 0 Å². The highest BCUT2D eigenvalue weighted by molar-refractivity contribution is 7.98. The molecular formula is C30H23FN6O2S. The Morgan fingerprint density at radius 3 is 2.25 bits per heavy atom. The number of nitrogens with zero attached hydrogens (tertiary/aromatic N) is 4. The Bertz CT molecular complexity index is 1640. The summed E-state index contributed by atoms with van der Waals surface area (Å²) in [4.78, 5) is 26.9. The quantitative estimate of drug-likeness (QED) is 0.186. The summed E-state index contributed by atoms with van der Waals surface area (Å²) in [7, 11) is 0. The van der Waals surface area contributed by atoms with E-state index in [1.165, 1.54) is 18.2 Å². The van der Waals surface area contributed by atoms with E-state index >= 15 is 0 Å². The van der Waals surface area contributed by atoms with Crippen LogP contribution in [0.3, 0.4) is 0 Å². The van der Waals surface area contributed by atoms with Crippen LogP contribution >= 0.6 is 11.8 Å². The second-order valence-electron chi connectivity index (χ2n) is 8.51. The lowest BCUT2D eigenvalue weighted by Gasteiger charge is -2.12. The van der Waals surface area contributed by atoms with Gasteiger partial charge in [-0.1, -0.05) is 54.6 Å². The van der Waals surface area contributed by atoms with Crippen LogP contribution in [0.15, 0.2) is 120 Å². The lowest BCUT2D eigenvalue weighted by molar-refractivity contribution is -0.113. The lowest BCUT2D eigenvalue weighted by atomic mass is 10.1. The molecule has 4 aromatic carbocycles. The zero-order valence-electron chi connectivity index (χ0n) is 21.1. The number of nitrogens with one attached hydrogen (secondary N) is 2. The largest absolute Gasteiger partial charge is 0.321 e. The van der Waals surface area contributed by atoms with Gasteiger partial charge in [-0.05, 0) is 71.1 Å². The maximum Gasteiger partial charge on any atom is 0.272 e. The number of hydrogen-bond donors (Lipinski definition) is 2. The second-order valence-corrected chi connectivity index (χ2v) is 9.56. The van der Waals surface area contributed by atoms with Crippen LogP contribution < -0.4 is 10.6 Å². The zero-order valence-corrected chi connectivity index (χ0v) is 21.9. The van der Waals surface area contributed by atoms with Gasteiger partial charge in [0.2, 0.25) is 0 Å². The molecule has 5 aromatic rings. The van der Waals surface area contributed by atoms with Crippen LogP contribution in [0.5, 0.6) is 0 Å². The summed E-state index contributed by atoms with van der Waals surface area (Å²) in [5, 5.41) is 17.4. The molecule has 0 aliphatic heterocycles. The molecule has 0 unspecified atom stereocenters. The number of thioether (sulfide) groups is 1. The second kappa shape index (κ2) is 12.6. The smallest absolute Gasteiger partial charge is 0.272 e. The van der Waals surface area contributed by atoms with Gasteiger partial charge in [-0.3, -0.25) is 9.59 Å². The Labute approximate surface area is 233 Å². The number of anilines is 1. The minimum atomic E-state index is -0.588. The lowest BCUT2D eigenvalue weighted by Crippen LogP contribution is -2.30. The fourth-order valence-corrected chi connectivity index (χ4v) is 4.54. The number of aromatic nitrogens is 4. The van der Waals surface area contributed by atoms with Gasteiger partial charge in [0.1, 0.15) is 11.5 Å². The van der Waals surface area contributed by atoms with Gasteiger partial charge >= 0.3 is 0 Å². The first-order valence-corrected chi connectivity index (χ1v) is 13.2. The van der Waals surface area contributed by atoms with Gasteiger partial charge in [-0.2, -0.15) is 4.68 Å². The monoisotopic (exact) mass is 550 g/mol. The first-order valence-electron chi connectivity index (χ1n) is 12.3. The number of tetrazole rings is 1. The van der Waals surface area contributed by atoms with Crippen molar-refractivity contribution in [3.05, 3.63) is 138 Å². The van der Waals surface area contributed by atoms with Crippen LogP contribution in [-0.2, 0) is 10.5 Å². The van der Waals surface area contributed by atoms with Gasteiger partial charge in [-0.25, -0.2) is 4.39 Å². The van der Waals surface area contributed by atoms with E-state index in [2.05, 4.69) is 26.2 Å². The Kier molecular flexibility index (Phi) is 8.38. The fraction of sp³-hybridized carbons (Fsp3) is 0.0333. The van der Waals surface area contributed by atoms with Crippen LogP contribution in [0.1, 0.15) is 21.7 Å². The molecule has 0 saturated heterocycles. The Morgan fingerprint density at radius 2 is 1.52 bits per heavy atom. The van der Waals surface area contributed by atoms with Gasteiger partial charge in [0.15, 0.2) is 5.82 Å². The third-order valence-corrected chi connectivity index (χ3v) is 6.76. The SMILES string of the molecule is O=C(Nc1ccc(SCc2nnnn2-c2ccccc2)cc1)/C(=C/c1ccccc1F)NC(=O)c1ccccc1. The van der Waals surface area contributed by atoms with Gasteiger partial charge in [0, 0.05) is 21.7 Å². The maximum atomic E-state index is 14.3. The number of amides is 2. The van der Waals surface area contributed by atoms with E-state index in [0.29, 0.717) is 22.8 Å². The summed E-state index contributed by atoms with van der Waals surface area (Å²) < 4.78 is 16.0. The van der Waals surface area contributed by atoms with E-state index in [9.17, 15) is 14.0 Å². The summed E-state index contributed by atoms with van der Waals surface area (Å²) in [6.45, 7) is 0. The van der Waals surface area contributed by atoms with Crippen molar-refractivity contribution in [3.63, 3.8) is 0 Å². The topological polar surface area (TPSA) is 102 Å². The normalized spacial score (nSPS) is 11.2. The van der Waals surface area contributed by atoms with Crippen molar-refractivity contribution >= 4 is 35.3 Å². The molecule has 1 heterocycles. The molecule has 5 rings (SSSR count). The number of rotatable bonds is 9. The molecule has 0 radical (unpaired) electrons. The third-order valence-electron chi connectivity index (χ3n) is 5.75. The molecule has 0 aliphatic carbocycles. The minimum absolute atomic E-state index is 0.0925. The molecule has 10 heteroatoms. The Balaban J connectivity index is 1.27. The number of para-hydroxylation sites is 1. The molecule has 0 saturated carbocycles. The van der Waals surface area contributed by atoms with Crippen LogP contribution in [0, 0.1) is 5.82 Å². The molecule has 40 heavy (non-hydrogen) atoms. The van der Waals surface area contributed by atoms with Crippen molar-refractivity contribution < 1.29 is 14.0 Å². The summed E-state index contributed by atoms with van der Waals surface area (Å²) >= 11 is 1.54. The van der Waals surface area contributed by atoms with E-state index in [1.807, 2.05) is 42.5 Å². The highest BCUT2D eigenvalue weighted by atomic mass is 32.2. The third kappa shape index (κ3) is 6.66. The van der Waals surface area contributed by atoms with Crippen LogP contribution in [0.25, 0.3) is 11.8 Å². The first kappa shape index (κ1) is 26.5. The van der Waals surface area contributed by atoms with Gasteiger partial charge in [-0.15, -0.1) is 16.9 Å². The standard InChI is InChI=1S/C30H23FN6O2S/c31-26-14-8-7-11-22(26)19-27(33-29(38)21-9-3-1-4-10-21)30(39)32-23-15-17-25(18-16-23)40-20-28-34-35-36-37(28)24-12-5-2-6-13-24/h1-19H,20H2,(H,32,39)(H,33,38)/b27-19-. The molecular weight excluding hydrogens is 527 g/mol.